The Morgan fingerprint density at radius 3 is 3.00 bits per heavy atom. The van der Waals surface area contributed by atoms with Crippen molar-refractivity contribution >= 4 is 5.91 Å². The highest BCUT2D eigenvalue weighted by molar-refractivity contribution is 5.78. The quantitative estimate of drug-likeness (QED) is 0.851. The van der Waals surface area contributed by atoms with E-state index in [1.54, 1.807) is 11.1 Å². The van der Waals surface area contributed by atoms with Gasteiger partial charge >= 0.3 is 0 Å². The van der Waals surface area contributed by atoms with Gasteiger partial charge in [0.25, 0.3) is 5.91 Å². The minimum atomic E-state index is -0.0152. The molecule has 1 atom stereocenters. The minimum absolute atomic E-state index is 0.00665. The minimum Gasteiger partial charge on any atom is -0.484 e. The summed E-state index contributed by atoms with van der Waals surface area (Å²) >= 11 is 0. The number of carbonyl (C=O) groups excluding carboxylic acids is 1. The first-order valence-electron chi connectivity index (χ1n) is 7.75. The number of amides is 1. The molecule has 5 nitrogen and oxygen atoms in total. The fourth-order valence-electron chi connectivity index (χ4n) is 2.58. The molecule has 1 fully saturated rings. The number of hydrogen-bond acceptors (Lipinski definition) is 4. The van der Waals surface area contributed by atoms with E-state index in [2.05, 4.69) is 4.98 Å². The second-order valence-corrected chi connectivity index (χ2v) is 5.64. The molecule has 0 bridgehead atoms. The Morgan fingerprint density at radius 1 is 1.30 bits per heavy atom. The van der Waals surface area contributed by atoms with E-state index in [0.717, 1.165) is 17.7 Å². The Bertz CT molecular complexity index is 660. The first kappa shape index (κ1) is 15.3. The highest BCUT2D eigenvalue weighted by Gasteiger charge is 2.28. The number of rotatable bonds is 5. The molecule has 1 aliphatic rings. The first-order chi connectivity index (χ1) is 11.2. The number of benzene rings is 1. The third kappa shape index (κ3) is 4.22. The van der Waals surface area contributed by atoms with Crippen LogP contribution >= 0.6 is 0 Å². The van der Waals surface area contributed by atoms with Crippen LogP contribution in [0.15, 0.2) is 48.7 Å². The molecule has 1 aromatic carbocycles. The lowest BCUT2D eigenvalue weighted by atomic mass is 10.2. The van der Waals surface area contributed by atoms with Gasteiger partial charge in [-0.05, 0) is 30.7 Å². The third-order valence-corrected chi connectivity index (χ3v) is 3.77. The number of carbonyl (C=O) groups is 1. The number of hydrogen-bond donors (Lipinski definition) is 0. The van der Waals surface area contributed by atoms with Gasteiger partial charge in [-0.25, -0.2) is 4.98 Å². The van der Waals surface area contributed by atoms with Gasteiger partial charge in [-0.1, -0.05) is 18.2 Å². The van der Waals surface area contributed by atoms with Gasteiger partial charge in [0.2, 0.25) is 5.88 Å². The Balaban J connectivity index is 1.47. The van der Waals surface area contributed by atoms with Crippen LogP contribution < -0.4 is 9.47 Å². The monoisotopic (exact) mass is 312 g/mol. The average Bonchev–Trinajstić information content (AvgIpc) is 3.02. The molecule has 1 unspecified atom stereocenters. The summed E-state index contributed by atoms with van der Waals surface area (Å²) in [5, 5.41) is 0. The fourth-order valence-corrected chi connectivity index (χ4v) is 2.58. The molecule has 2 heterocycles. The molecule has 1 aromatic heterocycles. The van der Waals surface area contributed by atoms with Crippen molar-refractivity contribution in [1.82, 2.24) is 9.88 Å². The van der Waals surface area contributed by atoms with Gasteiger partial charge in [-0.2, -0.15) is 0 Å². The molecule has 1 saturated heterocycles. The van der Waals surface area contributed by atoms with Crippen molar-refractivity contribution < 1.29 is 14.3 Å². The summed E-state index contributed by atoms with van der Waals surface area (Å²) in [5.74, 6) is 1.31. The van der Waals surface area contributed by atoms with E-state index in [4.69, 9.17) is 9.47 Å². The van der Waals surface area contributed by atoms with Crippen LogP contribution in [0, 0.1) is 6.92 Å². The van der Waals surface area contributed by atoms with Gasteiger partial charge in [-0.3, -0.25) is 4.79 Å². The van der Waals surface area contributed by atoms with Crippen LogP contribution in [-0.4, -0.2) is 41.6 Å². The summed E-state index contributed by atoms with van der Waals surface area (Å²) in [5.41, 5.74) is 1.11. The molecule has 0 N–H and O–H groups in total. The topological polar surface area (TPSA) is 51.7 Å². The molecule has 3 rings (SSSR count). The maximum Gasteiger partial charge on any atom is 0.260 e. The third-order valence-electron chi connectivity index (χ3n) is 3.77. The SMILES string of the molecule is Cc1cccc(OCC(=O)N2CCC(Oc3ccccn3)C2)c1. The average molecular weight is 312 g/mol. The van der Waals surface area contributed by atoms with E-state index >= 15 is 0 Å². The molecule has 5 heteroatoms. The zero-order valence-corrected chi connectivity index (χ0v) is 13.1. The van der Waals surface area contributed by atoms with Crippen molar-refractivity contribution in [3.05, 3.63) is 54.2 Å². The maximum atomic E-state index is 12.2. The first-order valence-corrected chi connectivity index (χ1v) is 7.75. The van der Waals surface area contributed by atoms with Gasteiger partial charge in [-0.15, -0.1) is 0 Å². The number of aromatic nitrogens is 1. The van der Waals surface area contributed by atoms with Crippen LogP contribution in [0.4, 0.5) is 0 Å². The van der Waals surface area contributed by atoms with Crippen molar-refractivity contribution in [3.8, 4) is 11.6 Å². The van der Waals surface area contributed by atoms with Crippen LogP contribution in [0.25, 0.3) is 0 Å². The zero-order chi connectivity index (χ0) is 16.1. The van der Waals surface area contributed by atoms with Crippen LogP contribution in [0.1, 0.15) is 12.0 Å². The van der Waals surface area contributed by atoms with Crippen LogP contribution in [0.2, 0.25) is 0 Å². The lowest BCUT2D eigenvalue weighted by Gasteiger charge is -2.17. The summed E-state index contributed by atoms with van der Waals surface area (Å²) in [6.07, 6.45) is 2.50. The summed E-state index contributed by atoms with van der Waals surface area (Å²) < 4.78 is 11.4. The molecular formula is C18H20N2O3. The van der Waals surface area contributed by atoms with E-state index < -0.39 is 0 Å². The molecule has 1 aliphatic heterocycles. The number of likely N-dealkylation sites (tertiary alicyclic amines) is 1. The molecular weight excluding hydrogens is 292 g/mol. The summed E-state index contributed by atoms with van der Waals surface area (Å²) in [6.45, 7) is 3.31. The normalized spacial score (nSPS) is 17.1. The molecule has 0 radical (unpaired) electrons. The van der Waals surface area contributed by atoms with E-state index in [9.17, 15) is 4.79 Å². The summed E-state index contributed by atoms with van der Waals surface area (Å²) in [7, 11) is 0. The van der Waals surface area contributed by atoms with E-state index in [0.29, 0.717) is 19.0 Å². The number of aryl methyl sites for hydroxylation is 1. The van der Waals surface area contributed by atoms with Crippen LogP contribution in [0.5, 0.6) is 11.6 Å². The molecule has 120 valence electrons. The predicted molar refractivity (Wildman–Crippen MR) is 86.5 cm³/mol. The van der Waals surface area contributed by atoms with E-state index in [1.807, 2.05) is 49.4 Å². The Kier molecular flexibility index (Phi) is 4.76. The van der Waals surface area contributed by atoms with E-state index in [-0.39, 0.29) is 18.6 Å². The van der Waals surface area contributed by atoms with Gasteiger partial charge < -0.3 is 14.4 Å². The van der Waals surface area contributed by atoms with Gasteiger partial charge in [0, 0.05) is 25.2 Å². The van der Waals surface area contributed by atoms with Crippen molar-refractivity contribution in [2.75, 3.05) is 19.7 Å². The van der Waals surface area contributed by atoms with Crippen molar-refractivity contribution in [1.29, 1.82) is 0 Å². The lowest BCUT2D eigenvalue weighted by Crippen LogP contribution is -2.34. The zero-order valence-electron chi connectivity index (χ0n) is 13.1. The Hall–Kier alpha value is -2.56. The lowest BCUT2D eigenvalue weighted by molar-refractivity contribution is -0.132. The molecule has 0 aliphatic carbocycles. The highest BCUT2D eigenvalue weighted by Crippen LogP contribution is 2.17. The molecule has 2 aromatic rings. The van der Waals surface area contributed by atoms with Gasteiger partial charge in [0.1, 0.15) is 11.9 Å². The van der Waals surface area contributed by atoms with Crippen molar-refractivity contribution in [2.45, 2.75) is 19.4 Å². The smallest absolute Gasteiger partial charge is 0.260 e. The summed E-state index contributed by atoms with van der Waals surface area (Å²) in [4.78, 5) is 18.2. The second-order valence-electron chi connectivity index (χ2n) is 5.64. The van der Waals surface area contributed by atoms with Gasteiger partial charge in [0.15, 0.2) is 6.61 Å². The van der Waals surface area contributed by atoms with Crippen LogP contribution in [-0.2, 0) is 4.79 Å². The highest BCUT2D eigenvalue weighted by atomic mass is 16.5. The maximum absolute atomic E-state index is 12.2. The summed E-state index contributed by atoms with van der Waals surface area (Å²) in [6, 6.07) is 13.2. The molecule has 0 saturated carbocycles. The molecule has 23 heavy (non-hydrogen) atoms. The Morgan fingerprint density at radius 2 is 2.22 bits per heavy atom. The number of nitrogens with zero attached hydrogens (tertiary/aromatic N) is 2. The van der Waals surface area contributed by atoms with Crippen molar-refractivity contribution in [3.63, 3.8) is 0 Å². The standard InChI is InChI=1S/C18H20N2O3/c1-14-5-4-6-15(11-14)22-13-18(21)20-10-8-16(12-20)23-17-7-2-3-9-19-17/h2-7,9,11,16H,8,10,12-13H2,1H3. The second kappa shape index (κ2) is 7.13. The van der Waals surface area contributed by atoms with Gasteiger partial charge in [0.05, 0.1) is 6.54 Å². The number of ether oxygens (including phenoxy) is 2. The van der Waals surface area contributed by atoms with Crippen molar-refractivity contribution in [2.24, 2.45) is 0 Å². The predicted octanol–water partition coefficient (Wildman–Crippen LogP) is 2.45. The number of pyridine rings is 1. The largest absolute Gasteiger partial charge is 0.484 e. The molecule has 0 spiro atoms. The Labute approximate surface area is 135 Å². The fraction of sp³-hybridized carbons (Fsp3) is 0.333. The molecule has 1 amide bonds. The van der Waals surface area contributed by atoms with E-state index in [1.165, 1.54) is 0 Å². The van der Waals surface area contributed by atoms with Crippen LogP contribution in [0.3, 0.4) is 0 Å².